The lowest BCUT2D eigenvalue weighted by Crippen LogP contribution is -2.50. The van der Waals surface area contributed by atoms with Crippen LogP contribution in [0.5, 0.6) is 5.75 Å². The van der Waals surface area contributed by atoms with Crippen molar-refractivity contribution in [2.45, 2.75) is 58.3 Å². The number of hydrogen-bond acceptors (Lipinski definition) is 3. The van der Waals surface area contributed by atoms with Gasteiger partial charge < -0.3 is 14.7 Å². The van der Waals surface area contributed by atoms with Crippen LogP contribution in [0.3, 0.4) is 0 Å². The summed E-state index contributed by atoms with van der Waals surface area (Å²) in [7, 11) is -2.24. The molecule has 0 spiro atoms. The highest BCUT2D eigenvalue weighted by molar-refractivity contribution is 6.29. The van der Waals surface area contributed by atoms with Crippen LogP contribution in [0.1, 0.15) is 57.4 Å². The first-order valence-electron chi connectivity index (χ1n) is 7.30. The molecule has 0 fully saturated rings. The van der Waals surface area contributed by atoms with E-state index in [0.717, 1.165) is 18.4 Å². The molecule has 1 aromatic carbocycles. The fraction of sp³-hybridized carbons (Fsp3) is 0.600. The lowest BCUT2D eigenvalue weighted by atomic mass is 10.0. The van der Waals surface area contributed by atoms with E-state index in [1.807, 2.05) is 12.1 Å². The van der Waals surface area contributed by atoms with Crippen molar-refractivity contribution < 1.29 is 14.7 Å². The fourth-order valence-electron chi connectivity index (χ4n) is 2.20. The molecule has 0 bridgehead atoms. The van der Waals surface area contributed by atoms with Crippen LogP contribution in [0.4, 0.5) is 0 Å². The van der Waals surface area contributed by atoms with E-state index >= 15 is 0 Å². The van der Waals surface area contributed by atoms with E-state index < -0.39 is 7.32 Å². The van der Waals surface area contributed by atoms with Crippen LogP contribution in [0.25, 0.3) is 0 Å². The molecule has 3 nitrogen and oxygen atoms in total. The number of aryl methyl sites for hydroxylation is 1. The second kappa shape index (κ2) is 9.87. The van der Waals surface area contributed by atoms with Gasteiger partial charge in [0, 0.05) is 0 Å². The molecule has 0 heterocycles. The number of unbranched alkanes of at least 4 members (excludes halogenated alkanes) is 6. The molecule has 0 N–H and O–H groups in total. The molecule has 0 radical (unpaired) electrons. The molecular weight excluding hydrogens is 239 g/mol. The summed E-state index contributed by atoms with van der Waals surface area (Å²) in [4.78, 5) is 0. The molecule has 1 aromatic rings. The lowest BCUT2D eigenvalue weighted by Gasteiger charge is -2.28. The van der Waals surface area contributed by atoms with Gasteiger partial charge in [0.1, 0.15) is 7.32 Å². The van der Waals surface area contributed by atoms with Gasteiger partial charge in [0.2, 0.25) is 0 Å². The summed E-state index contributed by atoms with van der Waals surface area (Å²) in [6.45, 7) is 2.22. The Hall–Kier alpha value is -0.995. The zero-order valence-electron chi connectivity index (χ0n) is 11.8. The van der Waals surface area contributed by atoms with Crippen LogP contribution in [-0.2, 0) is 6.42 Å². The Morgan fingerprint density at radius 2 is 1.58 bits per heavy atom. The quantitative estimate of drug-likeness (QED) is 0.479. The van der Waals surface area contributed by atoms with Crippen LogP contribution in [0.2, 0.25) is 0 Å². The summed E-state index contributed by atoms with van der Waals surface area (Å²) in [5.41, 5.74) is 0.966. The Balaban J connectivity index is 2.25. The molecule has 0 aliphatic rings. The monoisotopic (exact) mass is 262 g/mol. The van der Waals surface area contributed by atoms with E-state index in [4.69, 9.17) is 4.65 Å². The zero-order valence-corrected chi connectivity index (χ0v) is 11.8. The van der Waals surface area contributed by atoms with Gasteiger partial charge in [-0.05, 0) is 24.5 Å². The Labute approximate surface area is 116 Å². The highest BCUT2D eigenvalue weighted by atomic mass is 16.6. The molecule has 0 saturated heterocycles. The van der Waals surface area contributed by atoms with Crippen molar-refractivity contribution in [3.05, 3.63) is 29.8 Å². The average molecular weight is 262 g/mol. The SMILES string of the molecule is CCCCCCCCCc1ccccc1OB([O-])[O-]. The first-order valence-corrected chi connectivity index (χ1v) is 7.30. The minimum absolute atomic E-state index is 0.448. The Morgan fingerprint density at radius 3 is 2.26 bits per heavy atom. The normalized spacial score (nSPS) is 10.5. The van der Waals surface area contributed by atoms with Crippen LogP contribution in [-0.4, -0.2) is 7.32 Å². The molecule has 1 rings (SSSR count). The van der Waals surface area contributed by atoms with Crippen molar-refractivity contribution in [1.82, 2.24) is 0 Å². The highest BCUT2D eigenvalue weighted by Gasteiger charge is 2.01. The van der Waals surface area contributed by atoms with Gasteiger partial charge in [-0.25, -0.2) is 0 Å². The Kier molecular flexibility index (Phi) is 8.35. The molecule has 0 aromatic heterocycles. The molecule has 0 aliphatic heterocycles. The van der Waals surface area contributed by atoms with Crippen molar-refractivity contribution >= 4 is 7.32 Å². The van der Waals surface area contributed by atoms with E-state index in [-0.39, 0.29) is 0 Å². The van der Waals surface area contributed by atoms with Gasteiger partial charge >= 0.3 is 0 Å². The lowest BCUT2D eigenvalue weighted by molar-refractivity contribution is -0.372. The summed E-state index contributed by atoms with van der Waals surface area (Å²) in [6, 6.07) is 7.31. The molecule has 0 atom stereocenters. The third-order valence-corrected chi connectivity index (χ3v) is 3.25. The van der Waals surface area contributed by atoms with Gasteiger partial charge in [-0.3, -0.25) is 0 Å². The van der Waals surface area contributed by atoms with Crippen molar-refractivity contribution in [3.8, 4) is 5.75 Å². The summed E-state index contributed by atoms with van der Waals surface area (Å²) in [5, 5.41) is 21.1. The summed E-state index contributed by atoms with van der Waals surface area (Å²) in [5.74, 6) is 0.448. The average Bonchev–Trinajstić information content (AvgIpc) is 2.39. The van der Waals surface area contributed by atoms with Gasteiger partial charge in [-0.2, -0.15) is 0 Å². The minimum atomic E-state index is -2.24. The van der Waals surface area contributed by atoms with Gasteiger partial charge in [-0.15, -0.1) is 0 Å². The van der Waals surface area contributed by atoms with Crippen LogP contribution >= 0.6 is 0 Å². The summed E-state index contributed by atoms with van der Waals surface area (Å²) < 4.78 is 4.74. The fourth-order valence-corrected chi connectivity index (χ4v) is 2.20. The second-order valence-electron chi connectivity index (χ2n) is 4.89. The summed E-state index contributed by atoms with van der Waals surface area (Å²) >= 11 is 0. The molecule has 19 heavy (non-hydrogen) atoms. The van der Waals surface area contributed by atoms with Crippen LogP contribution in [0, 0.1) is 0 Å². The van der Waals surface area contributed by atoms with E-state index in [0.29, 0.717) is 5.75 Å². The van der Waals surface area contributed by atoms with Crippen molar-refractivity contribution in [1.29, 1.82) is 0 Å². The van der Waals surface area contributed by atoms with Gasteiger partial charge in [0.25, 0.3) is 0 Å². The van der Waals surface area contributed by atoms with Crippen LogP contribution in [0.15, 0.2) is 24.3 Å². The molecule has 4 heteroatoms. The first kappa shape index (κ1) is 16.1. The van der Waals surface area contributed by atoms with E-state index in [2.05, 4.69) is 6.92 Å². The maximum atomic E-state index is 10.5. The zero-order chi connectivity index (χ0) is 13.9. The molecule has 106 valence electrons. The van der Waals surface area contributed by atoms with Gasteiger partial charge in [0.05, 0.1) is 5.75 Å². The Morgan fingerprint density at radius 1 is 0.947 bits per heavy atom. The largest absolute Gasteiger partial charge is 0.860 e. The van der Waals surface area contributed by atoms with E-state index in [1.54, 1.807) is 12.1 Å². The number of rotatable bonds is 10. The third-order valence-electron chi connectivity index (χ3n) is 3.25. The second-order valence-corrected chi connectivity index (χ2v) is 4.89. The topological polar surface area (TPSA) is 55.3 Å². The molecule has 0 amide bonds. The van der Waals surface area contributed by atoms with Gasteiger partial charge in [0.15, 0.2) is 0 Å². The standard InChI is InChI=1S/C15H23BO3/c1-2-3-4-5-6-7-8-11-14-12-9-10-13-15(14)19-16(17)18/h9-10,12-13H,2-8,11H2,1H3/q-2. The Bertz CT molecular complexity index is 342. The maximum Gasteiger partial charge on any atom is 0.133 e. The minimum Gasteiger partial charge on any atom is -0.860 e. The number of para-hydroxylation sites is 1. The molecular formula is C15H23BO3-2. The smallest absolute Gasteiger partial charge is 0.133 e. The van der Waals surface area contributed by atoms with E-state index in [1.165, 1.54) is 38.5 Å². The summed E-state index contributed by atoms with van der Waals surface area (Å²) in [6.07, 6.45) is 9.62. The van der Waals surface area contributed by atoms with E-state index in [9.17, 15) is 10.0 Å². The van der Waals surface area contributed by atoms with Crippen LogP contribution < -0.4 is 14.7 Å². The van der Waals surface area contributed by atoms with Gasteiger partial charge in [-0.1, -0.05) is 63.6 Å². The maximum absolute atomic E-state index is 10.5. The number of hydrogen-bond donors (Lipinski definition) is 0. The number of benzene rings is 1. The predicted molar refractivity (Wildman–Crippen MR) is 74.5 cm³/mol. The predicted octanol–water partition coefficient (Wildman–Crippen LogP) is 2.06. The molecule has 0 unspecified atom stereocenters. The first-order chi connectivity index (χ1) is 9.24. The highest BCUT2D eigenvalue weighted by Crippen LogP contribution is 2.20. The van der Waals surface area contributed by atoms with Crippen molar-refractivity contribution in [2.75, 3.05) is 0 Å². The third kappa shape index (κ3) is 7.23. The molecule has 0 aliphatic carbocycles. The van der Waals surface area contributed by atoms with Crippen molar-refractivity contribution in [3.63, 3.8) is 0 Å². The van der Waals surface area contributed by atoms with Crippen molar-refractivity contribution in [2.24, 2.45) is 0 Å². The molecule has 0 saturated carbocycles.